The predicted octanol–water partition coefficient (Wildman–Crippen LogP) is 4.75. The molecule has 1 fully saturated rings. The van der Waals surface area contributed by atoms with Crippen LogP contribution in [0.1, 0.15) is 41.2 Å². The van der Waals surface area contributed by atoms with Gasteiger partial charge in [-0.3, -0.25) is 9.59 Å². The Morgan fingerprint density at radius 2 is 1.61 bits per heavy atom. The summed E-state index contributed by atoms with van der Waals surface area (Å²) in [6.07, 6.45) is 2.59. The van der Waals surface area contributed by atoms with Crippen LogP contribution < -0.4 is 15.4 Å². The second kappa shape index (κ2) is 13.2. The molecule has 1 aliphatic heterocycles. The highest BCUT2D eigenvalue weighted by Gasteiger charge is 2.26. The molecule has 1 saturated heterocycles. The molecule has 0 aliphatic carbocycles. The summed E-state index contributed by atoms with van der Waals surface area (Å²) >= 11 is 0. The summed E-state index contributed by atoms with van der Waals surface area (Å²) in [4.78, 5) is 26.8. The number of hydrogen-bond acceptors (Lipinski definition) is 4. The molecule has 3 aromatic carbocycles. The second-order valence-electron chi connectivity index (χ2n) is 10.2. The van der Waals surface area contributed by atoms with Crippen molar-refractivity contribution in [3.05, 3.63) is 94.5 Å². The molecule has 1 atom stereocenters. The Morgan fingerprint density at radius 1 is 0.947 bits per heavy atom. The lowest BCUT2D eigenvalue weighted by Gasteiger charge is -2.36. The second-order valence-corrected chi connectivity index (χ2v) is 10.2. The third-order valence-electron chi connectivity index (χ3n) is 7.01. The van der Waals surface area contributed by atoms with Crippen molar-refractivity contribution in [3.8, 4) is 11.5 Å². The van der Waals surface area contributed by atoms with Gasteiger partial charge in [-0.2, -0.15) is 0 Å². The van der Waals surface area contributed by atoms with E-state index in [4.69, 9.17) is 4.74 Å². The van der Waals surface area contributed by atoms with E-state index in [1.54, 1.807) is 0 Å². The van der Waals surface area contributed by atoms with Gasteiger partial charge >= 0.3 is 0 Å². The molecule has 3 aromatic rings. The molecule has 200 valence electrons. The zero-order chi connectivity index (χ0) is 26.9. The van der Waals surface area contributed by atoms with Crippen molar-refractivity contribution in [2.75, 3.05) is 26.2 Å². The third-order valence-corrected chi connectivity index (χ3v) is 7.01. The number of nitrogens with zero attached hydrogens (tertiary/aromatic N) is 1. The van der Waals surface area contributed by atoms with Crippen LogP contribution in [0.5, 0.6) is 11.5 Å². The first-order chi connectivity index (χ1) is 18.4. The van der Waals surface area contributed by atoms with Crippen LogP contribution in [0.3, 0.4) is 0 Å². The maximum Gasteiger partial charge on any atom is 0.223 e. The van der Waals surface area contributed by atoms with Crippen LogP contribution in [-0.4, -0.2) is 48.9 Å². The molecular formula is C32H39N3O3. The van der Waals surface area contributed by atoms with Gasteiger partial charge in [-0.05, 0) is 61.9 Å². The number of hydrogen-bond donors (Lipinski definition) is 2. The van der Waals surface area contributed by atoms with Crippen LogP contribution in [0.2, 0.25) is 0 Å². The van der Waals surface area contributed by atoms with Crippen molar-refractivity contribution < 1.29 is 14.3 Å². The zero-order valence-corrected chi connectivity index (χ0v) is 22.8. The van der Waals surface area contributed by atoms with Gasteiger partial charge in [0.1, 0.15) is 11.5 Å². The molecule has 0 spiro atoms. The van der Waals surface area contributed by atoms with Gasteiger partial charge in [0.15, 0.2) is 0 Å². The van der Waals surface area contributed by atoms with Crippen LogP contribution in [0.15, 0.2) is 66.7 Å². The van der Waals surface area contributed by atoms with Crippen molar-refractivity contribution in [2.24, 2.45) is 0 Å². The predicted molar refractivity (Wildman–Crippen MR) is 152 cm³/mol. The Balaban J connectivity index is 1.45. The van der Waals surface area contributed by atoms with Crippen LogP contribution in [0, 0.1) is 13.8 Å². The van der Waals surface area contributed by atoms with E-state index in [9.17, 15) is 9.59 Å². The van der Waals surface area contributed by atoms with Crippen LogP contribution >= 0.6 is 0 Å². The Morgan fingerprint density at radius 3 is 2.26 bits per heavy atom. The lowest BCUT2D eigenvalue weighted by molar-refractivity contribution is -0.134. The van der Waals surface area contributed by atoms with Gasteiger partial charge in [-0.25, -0.2) is 0 Å². The first-order valence-electron chi connectivity index (χ1n) is 13.5. The fraction of sp³-hybridized carbons (Fsp3) is 0.375. The summed E-state index contributed by atoms with van der Waals surface area (Å²) in [5, 5.41) is 6.32. The minimum Gasteiger partial charge on any atom is -0.457 e. The van der Waals surface area contributed by atoms with Gasteiger partial charge in [0.2, 0.25) is 11.8 Å². The fourth-order valence-corrected chi connectivity index (χ4v) is 5.04. The van der Waals surface area contributed by atoms with Gasteiger partial charge in [-0.15, -0.1) is 0 Å². The van der Waals surface area contributed by atoms with Crippen molar-refractivity contribution >= 4 is 11.8 Å². The molecule has 0 saturated carbocycles. The molecule has 6 nitrogen and oxygen atoms in total. The van der Waals surface area contributed by atoms with E-state index in [1.165, 1.54) is 12.5 Å². The van der Waals surface area contributed by atoms with Gasteiger partial charge in [0, 0.05) is 45.6 Å². The number of nitrogens with one attached hydrogen (secondary N) is 2. The van der Waals surface area contributed by atoms with Crippen LogP contribution in [-0.2, 0) is 28.9 Å². The Hall–Kier alpha value is -3.64. The minimum atomic E-state index is -0.0406. The number of carbonyl (C=O) groups is 2. The van der Waals surface area contributed by atoms with Gasteiger partial charge in [-0.1, -0.05) is 65.7 Å². The zero-order valence-electron chi connectivity index (χ0n) is 22.8. The van der Waals surface area contributed by atoms with E-state index < -0.39 is 0 Å². The first-order valence-corrected chi connectivity index (χ1v) is 13.5. The van der Waals surface area contributed by atoms with E-state index in [0.29, 0.717) is 25.8 Å². The molecule has 1 unspecified atom stereocenters. The molecule has 0 bridgehead atoms. The van der Waals surface area contributed by atoms with Gasteiger partial charge in [0.05, 0.1) is 0 Å². The highest BCUT2D eigenvalue weighted by Crippen LogP contribution is 2.31. The maximum absolute atomic E-state index is 13.4. The lowest BCUT2D eigenvalue weighted by atomic mass is 10.0. The molecule has 6 heteroatoms. The first kappa shape index (κ1) is 27.4. The monoisotopic (exact) mass is 513 g/mol. The summed E-state index contributed by atoms with van der Waals surface area (Å²) < 4.78 is 6.44. The smallest absolute Gasteiger partial charge is 0.223 e. The van der Waals surface area contributed by atoms with Crippen molar-refractivity contribution in [1.29, 1.82) is 0 Å². The van der Waals surface area contributed by atoms with Crippen molar-refractivity contribution in [2.45, 2.75) is 52.5 Å². The van der Waals surface area contributed by atoms with E-state index in [2.05, 4.69) is 65.8 Å². The molecule has 1 aliphatic rings. The fourth-order valence-electron chi connectivity index (χ4n) is 5.04. The normalized spacial score (nSPS) is 15.2. The highest BCUT2D eigenvalue weighted by molar-refractivity contribution is 5.77. The number of aryl methyl sites for hydroxylation is 3. The average Bonchev–Trinajstić information content (AvgIpc) is 2.90. The van der Waals surface area contributed by atoms with E-state index in [1.807, 2.05) is 30.3 Å². The quantitative estimate of drug-likeness (QED) is 0.411. The standard InChI is InChI=1S/C32H39N3O3/c1-23-9-12-30(38-31-13-10-24(2)20-28(31)15-16-34-25(3)36)27(19-23)11-14-32(37)35-18-17-33-22-29(35)21-26-7-5-4-6-8-26/h4-10,12-13,19-20,29,33H,11,14-18,21-22H2,1-3H3,(H,34,36). The lowest BCUT2D eigenvalue weighted by Crippen LogP contribution is -2.54. The largest absolute Gasteiger partial charge is 0.457 e. The molecular weight excluding hydrogens is 474 g/mol. The van der Waals surface area contributed by atoms with E-state index >= 15 is 0 Å². The Labute approximate surface area is 226 Å². The van der Waals surface area contributed by atoms with Crippen molar-refractivity contribution in [3.63, 3.8) is 0 Å². The van der Waals surface area contributed by atoms with Gasteiger partial charge < -0.3 is 20.3 Å². The summed E-state index contributed by atoms with van der Waals surface area (Å²) in [6, 6.07) is 22.8. The summed E-state index contributed by atoms with van der Waals surface area (Å²) in [5.41, 5.74) is 5.61. The highest BCUT2D eigenvalue weighted by atomic mass is 16.5. The molecule has 2 N–H and O–H groups in total. The average molecular weight is 514 g/mol. The van der Waals surface area contributed by atoms with Gasteiger partial charge in [0.25, 0.3) is 0 Å². The number of amides is 2. The minimum absolute atomic E-state index is 0.0406. The van der Waals surface area contributed by atoms with E-state index in [-0.39, 0.29) is 17.9 Å². The van der Waals surface area contributed by atoms with Crippen molar-refractivity contribution in [1.82, 2.24) is 15.5 Å². The van der Waals surface area contributed by atoms with E-state index in [0.717, 1.165) is 59.8 Å². The molecule has 0 radical (unpaired) electrons. The molecule has 2 amide bonds. The Kier molecular flexibility index (Phi) is 9.55. The number of piperazine rings is 1. The molecule has 1 heterocycles. The van der Waals surface area contributed by atoms with Crippen LogP contribution in [0.4, 0.5) is 0 Å². The number of ether oxygens (including phenoxy) is 1. The number of rotatable bonds is 10. The third kappa shape index (κ3) is 7.68. The molecule has 4 rings (SSSR count). The SMILES string of the molecule is CC(=O)NCCc1cc(C)ccc1Oc1ccc(C)cc1CCC(=O)N1CCNCC1Cc1ccccc1. The summed E-state index contributed by atoms with van der Waals surface area (Å²) in [5.74, 6) is 1.70. The summed E-state index contributed by atoms with van der Waals surface area (Å²) in [7, 11) is 0. The molecule has 0 aromatic heterocycles. The summed E-state index contributed by atoms with van der Waals surface area (Å²) in [6.45, 7) is 8.56. The molecule has 38 heavy (non-hydrogen) atoms. The number of carbonyl (C=O) groups excluding carboxylic acids is 2. The van der Waals surface area contributed by atoms with Crippen LogP contribution in [0.25, 0.3) is 0 Å². The topological polar surface area (TPSA) is 70.7 Å². The Bertz CT molecular complexity index is 1240. The number of benzene rings is 3. The maximum atomic E-state index is 13.4.